The van der Waals surface area contributed by atoms with Crippen molar-refractivity contribution in [3.63, 3.8) is 0 Å². The Bertz CT molecular complexity index is 166. The summed E-state index contributed by atoms with van der Waals surface area (Å²) < 4.78 is 4.53. The Labute approximate surface area is 58.8 Å². The van der Waals surface area contributed by atoms with Gasteiger partial charge in [0.1, 0.15) is 6.61 Å². The molecular weight excluding hydrogens is 134 g/mol. The highest BCUT2D eigenvalue weighted by Crippen LogP contribution is 2.04. The summed E-state index contributed by atoms with van der Waals surface area (Å²) in [5, 5.41) is 0. The first-order valence-corrected chi connectivity index (χ1v) is 3.02. The van der Waals surface area contributed by atoms with E-state index < -0.39 is 6.09 Å². The van der Waals surface area contributed by atoms with Crippen LogP contribution >= 0.6 is 0 Å². The molecule has 0 aromatic rings. The van der Waals surface area contributed by atoms with Gasteiger partial charge in [-0.15, -0.1) is 0 Å². The van der Waals surface area contributed by atoms with Crippen molar-refractivity contribution in [3.8, 4) is 0 Å². The summed E-state index contributed by atoms with van der Waals surface area (Å²) >= 11 is 0. The molecule has 0 atom stereocenters. The van der Waals surface area contributed by atoms with E-state index in [1.165, 1.54) is 0 Å². The molecule has 0 spiro atoms. The minimum absolute atomic E-state index is 0.106. The van der Waals surface area contributed by atoms with Gasteiger partial charge in [-0.3, -0.25) is 4.79 Å². The molecule has 1 saturated heterocycles. The fraction of sp³-hybridized carbons (Fsp3) is 0.500. The first-order valence-electron chi connectivity index (χ1n) is 3.02. The molecular formula is C6H8NO3. The van der Waals surface area contributed by atoms with E-state index in [1.54, 1.807) is 0 Å². The summed E-state index contributed by atoms with van der Waals surface area (Å²) in [6.45, 7) is 4.04. The van der Waals surface area contributed by atoms with Crippen molar-refractivity contribution in [2.24, 2.45) is 0 Å². The molecule has 2 amide bonds. The highest BCUT2D eigenvalue weighted by atomic mass is 16.6. The number of cyclic esters (lactones) is 1. The maximum Gasteiger partial charge on any atom is 0.416 e. The van der Waals surface area contributed by atoms with Crippen LogP contribution in [0.4, 0.5) is 4.79 Å². The molecule has 1 fully saturated rings. The third-order valence-electron chi connectivity index (χ3n) is 1.28. The van der Waals surface area contributed by atoms with Gasteiger partial charge in [-0.25, -0.2) is 9.69 Å². The zero-order valence-corrected chi connectivity index (χ0v) is 5.50. The van der Waals surface area contributed by atoms with Gasteiger partial charge in [-0.05, 0) is 6.92 Å². The molecule has 0 unspecified atom stereocenters. The topological polar surface area (TPSA) is 46.6 Å². The Morgan fingerprint density at radius 2 is 2.50 bits per heavy atom. The molecule has 1 heterocycles. The lowest BCUT2D eigenvalue weighted by atomic mass is 10.4. The Morgan fingerprint density at radius 3 is 2.90 bits per heavy atom. The number of ether oxygens (including phenoxy) is 1. The summed E-state index contributed by atoms with van der Waals surface area (Å²) in [7, 11) is 0. The Balaban J connectivity index is 2.55. The molecule has 1 aliphatic rings. The van der Waals surface area contributed by atoms with Gasteiger partial charge in [-0.1, -0.05) is 0 Å². The summed E-state index contributed by atoms with van der Waals surface area (Å²) in [5.74, 6) is -0.275. The van der Waals surface area contributed by atoms with Crippen LogP contribution in [0.3, 0.4) is 0 Å². The van der Waals surface area contributed by atoms with E-state index in [9.17, 15) is 9.59 Å². The molecule has 10 heavy (non-hydrogen) atoms. The van der Waals surface area contributed by atoms with Crippen molar-refractivity contribution in [2.75, 3.05) is 13.2 Å². The summed E-state index contributed by atoms with van der Waals surface area (Å²) in [5.41, 5.74) is 0. The summed E-state index contributed by atoms with van der Waals surface area (Å²) in [6, 6.07) is 0. The smallest absolute Gasteiger partial charge is 0.416 e. The zero-order chi connectivity index (χ0) is 7.56. The quantitative estimate of drug-likeness (QED) is 0.525. The van der Waals surface area contributed by atoms with Crippen LogP contribution < -0.4 is 0 Å². The predicted molar refractivity (Wildman–Crippen MR) is 33.0 cm³/mol. The van der Waals surface area contributed by atoms with Crippen molar-refractivity contribution in [1.29, 1.82) is 0 Å². The number of hydrogen-bond acceptors (Lipinski definition) is 3. The average molecular weight is 142 g/mol. The second kappa shape index (κ2) is 2.68. The van der Waals surface area contributed by atoms with Gasteiger partial charge in [-0.2, -0.15) is 0 Å². The first kappa shape index (κ1) is 7.05. The van der Waals surface area contributed by atoms with Gasteiger partial charge in [0, 0.05) is 6.42 Å². The summed E-state index contributed by atoms with van der Waals surface area (Å²) in [6.07, 6.45) is -0.441. The fourth-order valence-corrected chi connectivity index (χ4v) is 0.755. The number of rotatable bonds is 1. The number of nitrogens with zero attached hydrogens (tertiary/aromatic N) is 1. The van der Waals surface area contributed by atoms with Crippen molar-refractivity contribution in [2.45, 2.75) is 6.42 Å². The summed E-state index contributed by atoms with van der Waals surface area (Å²) in [4.78, 5) is 22.5. The Hall–Kier alpha value is -1.06. The van der Waals surface area contributed by atoms with E-state index in [4.69, 9.17) is 0 Å². The number of carbonyl (C=O) groups excluding carboxylic acids is 2. The van der Waals surface area contributed by atoms with Gasteiger partial charge < -0.3 is 4.74 Å². The molecule has 1 rings (SSSR count). The second-order valence-corrected chi connectivity index (χ2v) is 1.91. The average Bonchev–Trinajstić information content (AvgIpc) is 2.34. The monoisotopic (exact) mass is 142 g/mol. The molecule has 0 saturated carbocycles. The number of hydrogen-bond donors (Lipinski definition) is 0. The maximum absolute atomic E-state index is 10.8. The van der Waals surface area contributed by atoms with Crippen LogP contribution in [0.1, 0.15) is 6.42 Å². The van der Waals surface area contributed by atoms with Crippen molar-refractivity contribution in [1.82, 2.24) is 4.90 Å². The van der Waals surface area contributed by atoms with E-state index in [-0.39, 0.29) is 12.3 Å². The van der Waals surface area contributed by atoms with Crippen LogP contribution in [-0.4, -0.2) is 30.1 Å². The number of amides is 2. The highest BCUT2D eigenvalue weighted by Gasteiger charge is 2.26. The highest BCUT2D eigenvalue weighted by molar-refractivity contribution is 5.93. The van der Waals surface area contributed by atoms with Crippen LogP contribution in [0, 0.1) is 6.92 Å². The molecule has 1 aliphatic heterocycles. The number of imide groups is 1. The second-order valence-electron chi connectivity index (χ2n) is 1.91. The van der Waals surface area contributed by atoms with E-state index in [2.05, 4.69) is 11.7 Å². The molecule has 4 heteroatoms. The van der Waals surface area contributed by atoms with Crippen LogP contribution in [-0.2, 0) is 9.53 Å². The number of carbonyl (C=O) groups is 2. The lowest BCUT2D eigenvalue weighted by Gasteiger charge is -2.06. The standard InChI is InChI=1S/C6H8NO3/c1-2-5(8)7-3-4-10-6(7)9/h1-4H2. The van der Waals surface area contributed by atoms with Crippen molar-refractivity contribution < 1.29 is 14.3 Å². The molecule has 0 aromatic carbocycles. The molecule has 0 aliphatic carbocycles. The molecule has 4 nitrogen and oxygen atoms in total. The van der Waals surface area contributed by atoms with Gasteiger partial charge in [0.05, 0.1) is 6.54 Å². The third kappa shape index (κ3) is 1.10. The normalized spacial score (nSPS) is 17.3. The van der Waals surface area contributed by atoms with E-state index in [0.717, 1.165) is 4.90 Å². The van der Waals surface area contributed by atoms with E-state index in [1.807, 2.05) is 0 Å². The van der Waals surface area contributed by atoms with E-state index in [0.29, 0.717) is 13.2 Å². The Kier molecular flexibility index (Phi) is 1.89. The van der Waals surface area contributed by atoms with Gasteiger partial charge >= 0.3 is 6.09 Å². The fourth-order valence-electron chi connectivity index (χ4n) is 0.755. The largest absolute Gasteiger partial charge is 0.447 e. The predicted octanol–water partition coefficient (Wildman–Crippen LogP) is 0.189. The van der Waals surface area contributed by atoms with Crippen LogP contribution in [0.2, 0.25) is 0 Å². The molecule has 0 bridgehead atoms. The first-order chi connectivity index (χ1) is 4.75. The van der Waals surface area contributed by atoms with Crippen LogP contribution in [0.25, 0.3) is 0 Å². The lowest BCUT2D eigenvalue weighted by Crippen LogP contribution is -2.30. The van der Waals surface area contributed by atoms with Crippen LogP contribution in [0.5, 0.6) is 0 Å². The van der Waals surface area contributed by atoms with Gasteiger partial charge in [0.15, 0.2) is 0 Å². The molecule has 55 valence electrons. The molecule has 0 aromatic heterocycles. The lowest BCUT2D eigenvalue weighted by molar-refractivity contribution is -0.126. The maximum atomic E-state index is 10.8. The van der Waals surface area contributed by atoms with Gasteiger partial charge in [0.25, 0.3) is 0 Å². The van der Waals surface area contributed by atoms with Crippen LogP contribution in [0.15, 0.2) is 0 Å². The van der Waals surface area contributed by atoms with Gasteiger partial charge in [0.2, 0.25) is 5.91 Å². The Morgan fingerprint density at radius 1 is 1.80 bits per heavy atom. The van der Waals surface area contributed by atoms with E-state index >= 15 is 0 Å². The van der Waals surface area contributed by atoms with Crippen molar-refractivity contribution in [3.05, 3.63) is 6.92 Å². The minimum Gasteiger partial charge on any atom is -0.447 e. The molecule has 0 N–H and O–H groups in total. The minimum atomic E-state index is -0.548. The van der Waals surface area contributed by atoms with Crippen molar-refractivity contribution >= 4 is 12.0 Å². The molecule has 1 radical (unpaired) electrons. The SMILES string of the molecule is [CH2]CC(=O)N1CCOC1=O. The zero-order valence-electron chi connectivity index (χ0n) is 5.50. The third-order valence-corrected chi connectivity index (χ3v) is 1.28.